The number of sulfone groups is 1. The van der Waals surface area contributed by atoms with Gasteiger partial charge in [0.25, 0.3) is 0 Å². The predicted octanol–water partition coefficient (Wildman–Crippen LogP) is 2.82. The number of hydrogen-bond donors (Lipinski definition) is 0. The van der Waals surface area contributed by atoms with Crippen molar-refractivity contribution < 1.29 is 8.42 Å². The first-order chi connectivity index (χ1) is 7.02. The first kappa shape index (κ1) is 14.8. The molecule has 1 atom stereocenters. The maximum atomic E-state index is 11.3. The van der Waals surface area contributed by atoms with Crippen LogP contribution in [0, 0.1) is 0 Å². The van der Waals surface area contributed by atoms with Crippen LogP contribution in [0.2, 0.25) is 0 Å². The Morgan fingerprint density at radius 1 is 1.27 bits per heavy atom. The van der Waals surface area contributed by atoms with E-state index in [2.05, 4.69) is 29.3 Å². The van der Waals surface area contributed by atoms with Gasteiger partial charge in [0.05, 0.1) is 5.16 Å². The summed E-state index contributed by atoms with van der Waals surface area (Å²) < 4.78 is 22.5. The standard InChI is InChI=1S/C10H19NO2S2/c1-3-4-5-6-7-8-10(11-9-14)15(2,12)13/h10H,3-8H2,1-2H3. The number of unbranched alkanes of at least 4 members (excludes halogenated alkanes) is 4. The molecule has 3 nitrogen and oxygen atoms in total. The van der Waals surface area contributed by atoms with Crippen LogP contribution in [0.1, 0.15) is 45.4 Å². The fourth-order valence-corrected chi connectivity index (χ4v) is 2.39. The second-order valence-corrected chi connectivity index (χ2v) is 6.09. The molecule has 0 bridgehead atoms. The van der Waals surface area contributed by atoms with E-state index in [1.54, 1.807) is 0 Å². The van der Waals surface area contributed by atoms with Gasteiger partial charge in [0.2, 0.25) is 0 Å². The highest BCUT2D eigenvalue weighted by atomic mass is 32.2. The molecule has 15 heavy (non-hydrogen) atoms. The van der Waals surface area contributed by atoms with E-state index in [0.29, 0.717) is 6.42 Å². The molecular formula is C10H19NO2S2. The predicted molar refractivity (Wildman–Crippen MR) is 67.0 cm³/mol. The topological polar surface area (TPSA) is 46.5 Å². The van der Waals surface area contributed by atoms with Crippen LogP contribution in [-0.2, 0) is 9.84 Å². The quantitative estimate of drug-likeness (QED) is 0.377. The summed E-state index contributed by atoms with van der Waals surface area (Å²) in [6.07, 6.45) is 7.26. The van der Waals surface area contributed by atoms with Crippen molar-refractivity contribution >= 4 is 27.2 Å². The summed E-state index contributed by atoms with van der Waals surface area (Å²) in [4.78, 5) is 3.69. The summed E-state index contributed by atoms with van der Waals surface area (Å²) >= 11 is 4.44. The van der Waals surface area contributed by atoms with E-state index in [4.69, 9.17) is 0 Å². The molecule has 0 N–H and O–H groups in total. The van der Waals surface area contributed by atoms with Crippen LogP contribution in [0.25, 0.3) is 0 Å². The third-order valence-electron chi connectivity index (χ3n) is 2.25. The van der Waals surface area contributed by atoms with Crippen LogP contribution in [0.3, 0.4) is 0 Å². The molecule has 0 amide bonds. The van der Waals surface area contributed by atoms with E-state index in [9.17, 15) is 8.42 Å². The fourth-order valence-electron chi connectivity index (χ4n) is 1.36. The van der Waals surface area contributed by atoms with Crippen molar-refractivity contribution in [1.29, 1.82) is 0 Å². The Balaban J connectivity index is 3.94. The van der Waals surface area contributed by atoms with Crippen molar-refractivity contribution in [2.75, 3.05) is 6.26 Å². The number of isothiocyanates is 1. The average Bonchev–Trinajstić information content (AvgIpc) is 2.14. The molecule has 0 spiro atoms. The molecule has 0 aromatic carbocycles. The summed E-state index contributed by atoms with van der Waals surface area (Å²) in [6.45, 7) is 2.15. The summed E-state index contributed by atoms with van der Waals surface area (Å²) in [5.74, 6) is 0. The van der Waals surface area contributed by atoms with Gasteiger partial charge in [-0.3, -0.25) is 0 Å². The molecule has 0 aliphatic heterocycles. The number of thiocarbonyl (C=S) groups is 1. The average molecular weight is 249 g/mol. The zero-order valence-corrected chi connectivity index (χ0v) is 11.0. The minimum absolute atomic E-state index is 0.562. The summed E-state index contributed by atoms with van der Waals surface area (Å²) in [7, 11) is -3.12. The Labute approximate surface area is 97.9 Å². The Morgan fingerprint density at radius 3 is 2.33 bits per heavy atom. The zero-order valence-electron chi connectivity index (χ0n) is 9.40. The number of hydrogen-bond acceptors (Lipinski definition) is 4. The minimum Gasteiger partial charge on any atom is -0.227 e. The van der Waals surface area contributed by atoms with Gasteiger partial charge in [0.15, 0.2) is 15.2 Å². The van der Waals surface area contributed by atoms with Gasteiger partial charge >= 0.3 is 0 Å². The molecule has 0 saturated carbocycles. The number of rotatable bonds is 8. The van der Waals surface area contributed by atoms with Crippen molar-refractivity contribution in [3.63, 3.8) is 0 Å². The molecule has 0 fully saturated rings. The number of aliphatic imine (C=N–C) groups is 1. The molecule has 0 heterocycles. The Kier molecular flexibility index (Phi) is 7.83. The molecule has 88 valence electrons. The normalized spacial score (nSPS) is 13.2. The van der Waals surface area contributed by atoms with Gasteiger partial charge in [-0.2, -0.15) is 0 Å². The molecule has 0 radical (unpaired) electrons. The van der Waals surface area contributed by atoms with E-state index >= 15 is 0 Å². The van der Waals surface area contributed by atoms with Crippen molar-refractivity contribution in [2.24, 2.45) is 4.99 Å². The van der Waals surface area contributed by atoms with Crippen LogP contribution in [0.4, 0.5) is 0 Å². The first-order valence-corrected chi connectivity index (χ1v) is 7.64. The SMILES string of the molecule is CCCCCCCC(N=C=S)S(C)(=O)=O. The number of nitrogens with zero attached hydrogens (tertiary/aromatic N) is 1. The molecule has 5 heteroatoms. The van der Waals surface area contributed by atoms with E-state index in [1.165, 1.54) is 19.1 Å². The Bertz CT molecular complexity index is 305. The van der Waals surface area contributed by atoms with Gasteiger partial charge in [0.1, 0.15) is 0 Å². The van der Waals surface area contributed by atoms with Gasteiger partial charge in [-0.1, -0.05) is 39.0 Å². The van der Waals surface area contributed by atoms with Crippen LogP contribution in [-0.4, -0.2) is 25.2 Å². The lowest BCUT2D eigenvalue weighted by Crippen LogP contribution is -2.17. The molecule has 0 aliphatic rings. The van der Waals surface area contributed by atoms with Gasteiger partial charge in [-0.05, 0) is 18.6 Å². The van der Waals surface area contributed by atoms with E-state index in [1.807, 2.05) is 0 Å². The Hall–Kier alpha value is -0.250. The second-order valence-electron chi connectivity index (χ2n) is 3.71. The summed E-state index contributed by atoms with van der Waals surface area (Å²) in [5.41, 5.74) is 0. The maximum absolute atomic E-state index is 11.3. The minimum atomic E-state index is -3.12. The van der Waals surface area contributed by atoms with Crippen molar-refractivity contribution in [1.82, 2.24) is 0 Å². The van der Waals surface area contributed by atoms with E-state index in [0.717, 1.165) is 19.3 Å². The van der Waals surface area contributed by atoms with Crippen molar-refractivity contribution in [3.8, 4) is 0 Å². The molecular weight excluding hydrogens is 230 g/mol. The largest absolute Gasteiger partial charge is 0.227 e. The van der Waals surface area contributed by atoms with Crippen LogP contribution >= 0.6 is 12.2 Å². The molecule has 0 aromatic rings. The molecule has 0 saturated heterocycles. The lowest BCUT2D eigenvalue weighted by Gasteiger charge is -2.08. The molecule has 0 aromatic heterocycles. The maximum Gasteiger partial charge on any atom is 0.171 e. The smallest absolute Gasteiger partial charge is 0.171 e. The van der Waals surface area contributed by atoms with Crippen molar-refractivity contribution in [2.45, 2.75) is 50.8 Å². The lowest BCUT2D eigenvalue weighted by atomic mass is 10.1. The monoisotopic (exact) mass is 249 g/mol. The fraction of sp³-hybridized carbons (Fsp3) is 0.900. The van der Waals surface area contributed by atoms with Crippen LogP contribution in [0.5, 0.6) is 0 Å². The molecule has 0 rings (SSSR count). The second kappa shape index (κ2) is 7.97. The lowest BCUT2D eigenvalue weighted by molar-refractivity contribution is 0.559. The highest BCUT2D eigenvalue weighted by Crippen LogP contribution is 2.12. The van der Waals surface area contributed by atoms with Crippen LogP contribution in [0.15, 0.2) is 4.99 Å². The first-order valence-electron chi connectivity index (χ1n) is 5.28. The van der Waals surface area contributed by atoms with E-state index < -0.39 is 15.2 Å². The highest BCUT2D eigenvalue weighted by Gasteiger charge is 2.18. The third-order valence-corrected chi connectivity index (χ3v) is 3.68. The van der Waals surface area contributed by atoms with Gasteiger partial charge < -0.3 is 0 Å². The van der Waals surface area contributed by atoms with Gasteiger partial charge in [0, 0.05) is 6.26 Å². The van der Waals surface area contributed by atoms with E-state index in [-0.39, 0.29) is 0 Å². The zero-order chi connectivity index (χ0) is 11.7. The highest BCUT2D eigenvalue weighted by molar-refractivity contribution is 7.91. The van der Waals surface area contributed by atoms with Gasteiger partial charge in [-0.15, -0.1) is 0 Å². The molecule has 0 aliphatic carbocycles. The third kappa shape index (κ3) is 7.65. The van der Waals surface area contributed by atoms with Gasteiger partial charge in [-0.25, -0.2) is 13.4 Å². The molecule has 1 unspecified atom stereocenters. The summed E-state index contributed by atoms with van der Waals surface area (Å²) in [5, 5.41) is 1.47. The van der Waals surface area contributed by atoms with Crippen molar-refractivity contribution in [3.05, 3.63) is 0 Å². The van der Waals surface area contributed by atoms with Crippen LogP contribution < -0.4 is 0 Å². The Morgan fingerprint density at radius 2 is 1.87 bits per heavy atom. The summed E-state index contributed by atoms with van der Waals surface area (Å²) in [6, 6.07) is 0.